The number of hydrazine groups is 1. The van der Waals surface area contributed by atoms with Crippen molar-refractivity contribution in [3.8, 4) is 0 Å². The van der Waals surface area contributed by atoms with Crippen LogP contribution in [0.25, 0.3) is 0 Å². The van der Waals surface area contributed by atoms with Crippen LogP contribution in [-0.4, -0.2) is 44.2 Å². The first kappa shape index (κ1) is 19.3. The second-order valence-electron chi connectivity index (χ2n) is 4.97. The number of carboxylic acids is 2. The molecular formula is C15H21N5O4. The first-order valence-electron chi connectivity index (χ1n) is 7.12. The molecule has 0 aliphatic carbocycles. The third kappa shape index (κ3) is 7.01. The fraction of sp³-hybridized carbons (Fsp3) is 0.267. The second-order valence-corrected chi connectivity index (χ2v) is 4.97. The molecule has 2 rings (SSSR count). The van der Waals surface area contributed by atoms with Crippen molar-refractivity contribution in [2.45, 2.75) is 24.9 Å². The molecule has 0 aliphatic heterocycles. The number of aromatic amines is 1. The maximum absolute atomic E-state index is 10.6. The predicted molar refractivity (Wildman–Crippen MR) is 86.8 cm³/mol. The summed E-state index contributed by atoms with van der Waals surface area (Å²) in [6.45, 7) is 0. The van der Waals surface area contributed by atoms with E-state index in [-0.39, 0.29) is 6.42 Å². The van der Waals surface area contributed by atoms with Crippen LogP contribution >= 0.6 is 0 Å². The monoisotopic (exact) mass is 335 g/mol. The predicted octanol–water partition coefficient (Wildman–Crippen LogP) is -0.490. The molecule has 24 heavy (non-hydrogen) atoms. The van der Waals surface area contributed by atoms with Gasteiger partial charge in [0.15, 0.2) is 0 Å². The maximum Gasteiger partial charge on any atom is 0.322 e. The number of nitrogens with two attached hydrogens (primary N) is 2. The summed E-state index contributed by atoms with van der Waals surface area (Å²) < 4.78 is 0. The van der Waals surface area contributed by atoms with Gasteiger partial charge in [-0.15, -0.1) is 0 Å². The number of nitrogens with zero attached hydrogens (tertiary/aromatic N) is 1. The molecule has 2 atom stereocenters. The fourth-order valence-corrected chi connectivity index (χ4v) is 1.79. The number of imidazole rings is 1. The Morgan fingerprint density at radius 2 is 1.83 bits per heavy atom. The molecule has 2 unspecified atom stereocenters. The van der Waals surface area contributed by atoms with Gasteiger partial charge < -0.3 is 20.9 Å². The third-order valence-corrected chi connectivity index (χ3v) is 3.09. The van der Waals surface area contributed by atoms with Crippen molar-refractivity contribution in [2.24, 2.45) is 11.6 Å². The highest BCUT2D eigenvalue weighted by Gasteiger charge is 2.15. The van der Waals surface area contributed by atoms with Gasteiger partial charge >= 0.3 is 11.9 Å². The molecule has 0 bridgehead atoms. The zero-order chi connectivity index (χ0) is 17.9. The molecule has 2 aromatic rings. The van der Waals surface area contributed by atoms with Crippen LogP contribution in [0.4, 0.5) is 0 Å². The summed E-state index contributed by atoms with van der Waals surface area (Å²) in [6, 6.07) is 7.78. The molecule has 0 fully saturated rings. The zero-order valence-electron chi connectivity index (χ0n) is 12.9. The van der Waals surface area contributed by atoms with E-state index >= 15 is 0 Å². The SMILES string of the molecule is NC(Cc1cnc[nH]1)C(=O)O.NNC(Cc1ccccc1)C(=O)O. The molecule has 0 aliphatic rings. The number of aliphatic carboxylic acids is 2. The van der Waals surface area contributed by atoms with Gasteiger partial charge in [-0.2, -0.15) is 0 Å². The summed E-state index contributed by atoms with van der Waals surface area (Å²) in [5, 5.41) is 17.1. The van der Waals surface area contributed by atoms with Gasteiger partial charge in [-0.3, -0.25) is 15.4 Å². The van der Waals surface area contributed by atoms with Crippen LogP contribution in [0.1, 0.15) is 11.3 Å². The minimum Gasteiger partial charge on any atom is -0.480 e. The number of hydrogen-bond acceptors (Lipinski definition) is 6. The van der Waals surface area contributed by atoms with Crippen molar-refractivity contribution in [1.82, 2.24) is 15.4 Å². The Kier molecular flexibility index (Phi) is 8.13. The maximum atomic E-state index is 10.6. The summed E-state index contributed by atoms with van der Waals surface area (Å²) in [5.74, 6) is 3.15. The van der Waals surface area contributed by atoms with Gasteiger partial charge in [-0.25, -0.2) is 10.4 Å². The van der Waals surface area contributed by atoms with Crippen molar-refractivity contribution in [1.29, 1.82) is 0 Å². The molecule has 0 radical (unpaired) electrons. The van der Waals surface area contributed by atoms with E-state index in [4.69, 9.17) is 21.8 Å². The molecule has 1 aromatic carbocycles. The van der Waals surface area contributed by atoms with E-state index in [9.17, 15) is 9.59 Å². The molecule has 0 saturated carbocycles. The number of H-pyrrole nitrogens is 1. The average Bonchev–Trinajstić information content (AvgIpc) is 3.06. The normalized spacial score (nSPS) is 12.6. The smallest absolute Gasteiger partial charge is 0.322 e. The fourth-order valence-electron chi connectivity index (χ4n) is 1.79. The number of rotatable bonds is 7. The van der Waals surface area contributed by atoms with Gasteiger partial charge in [-0.05, 0) is 12.0 Å². The number of carbonyl (C=O) groups is 2. The largest absolute Gasteiger partial charge is 0.480 e. The van der Waals surface area contributed by atoms with Crippen molar-refractivity contribution in [2.75, 3.05) is 0 Å². The van der Waals surface area contributed by atoms with Gasteiger partial charge in [0.2, 0.25) is 0 Å². The van der Waals surface area contributed by atoms with E-state index in [0.29, 0.717) is 6.42 Å². The summed E-state index contributed by atoms with van der Waals surface area (Å²) in [6.07, 6.45) is 3.73. The molecule has 0 saturated heterocycles. The zero-order valence-corrected chi connectivity index (χ0v) is 12.9. The highest BCUT2D eigenvalue weighted by atomic mass is 16.4. The molecule has 0 spiro atoms. The standard InChI is InChI=1S/C9H12N2O2.C6H9N3O2/c10-11-8(9(12)13)6-7-4-2-1-3-5-7;7-5(6(10)11)1-4-2-8-3-9-4/h1-5,8,11H,6,10H2,(H,12,13);2-3,5H,1,7H2,(H,8,9)(H,10,11). The van der Waals surface area contributed by atoms with Crippen molar-refractivity contribution < 1.29 is 19.8 Å². The first-order valence-corrected chi connectivity index (χ1v) is 7.12. The number of nitrogens with one attached hydrogen (secondary N) is 2. The molecular weight excluding hydrogens is 314 g/mol. The van der Waals surface area contributed by atoms with E-state index in [2.05, 4.69) is 15.4 Å². The number of aromatic nitrogens is 2. The van der Waals surface area contributed by atoms with E-state index in [1.165, 1.54) is 6.33 Å². The van der Waals surface area contributed by atoms with Gasteiger partial charge in [0, 0.05) is 18.3 Å². The molecule has 1 aromatic heterocycles. The number of carboxylic acid groups (broad SMARTS) is 2. The topological polar surface area (TPSA) is 167 Å². The Bertz CT molecular complexity index is 618. The Hall–Kier alpha value is -2.75. The Balaban J connectivity index is 0.000000243. The molecule has 9 heteroatoms. The van der Waals surface area contributed by atoms with Gasteiger partial charge in [0.1, 0.15) is 12.1 Å². The van der Waals surface area contributed by atoms with Crippen molar-refractivity contribution in [3.63, 3.8) is 0 Å². The van der Waals surface area contributed by atoms with Gasteiger partial charge in [0.25, 0.3) is 0 Å². The minimum atomic E-state index is -1.00. The van der Waals surface area contributed by atoms with E-state index < -0.39 is 24.0 Å². The highest BCUT2D eigenvalue weighted by molar-refractivity contribution is 5.74. The molecule has 8 N–H and O–H groups in total. The van der Waals surface area contributed by atoms with Crippen LogP contribution in [0.3, 0.4) is 0 Å². The molecule has 0 amide bonds. The summed E-state index contributed by atoms with van der Waals surface area (Å²) in [4.78, 5) is 27.4. The van der Waals surface area contributed by atoms with Gasteiger partial charge in [-0.1, -0.05) is 30.3 Å². The Morgan fingerprint density at radius 3 is 2.29 bits per heavy atom. The van der Waals surface area contributed by atoms with Crippen LogP contribution in [0, 0.1) is 0 Å². The minimum absolute atomic E-state index is 0.287. The third-order valence-electron chi connectivity index (χ3n) is 3.09. The molecule has 9 nitrogen and oxygen atoms in total. The lowest BCUT2D eigenvalue weighted by Crippen LogP contribution is -2.42. The van der Waals surface area contributed by atoms with Crippen LogP contribution in [0.15, 0.2) is 42.9 Å². The van der Waals surface area contributed by atoms with E-state index in [1.54, 1.807) is 6.20 Å². The van der Waals surface area contributed by atoms with Crippen LogP contribution < -0.4 is 17.0 Å². The first-order chi connectivity index (χ1) is 11.4. The van der Waals surface area contributed by atoms with E-state index in [1.807, 2.05) is 30.3 Å². The summed E-state index contributed by atoms with van der Waals surface area (Å²) in [7, 11) is 0. The lowest BCUT2D eigenvalue weighted by Gasteiger charge is -2.09. The second kappa shape index (κ2) is 10.1. The number of hydrogen-bond donors (Lipinski definition) is 6. The summed E-state index contributed by atoms with van der Waals surface area (Å²) >= 11 is 0. The summed E-state index contributed by atoms with van der Waals surface area (Å²) in [5.41, 5.74) is 9.20. The van der Waals surface area contributed by atoms with Crippen LogP contribution in [0.2, 0.25) is 0 Å². The Morgan fingerprint density at radius 1 is 1.17 bits per heavy atom. The lowest BCUT2D eigenvalue weighted by molar-refractivity contribution is -0.140. The van der Waals surface area contributed by atoms with E-state index in [0.717, 1.165) is 11.3 Å². The quantitative estimate of drug-likeness (QED) is 0.291. The van der Waals surface area contributed by atoms with Crippen LogP contribution in [0.5, 0.6) is 0 Å². The van der Waals surface area contributed by atoms with Gasteiger partial charge in [0.05, 0.1) is 6.33 Å². The van der Waals surface area contributed by atoms with Crippen molar-refractivity contribution >= 4 is 11.9 Å². The van der Waals surface area contributed by atoms with Crippen LogP contribution in [-0.2, 0) is 22.4 Å². The Labute approximate surface area is 138 Å². The highest BCUT2D eigenvalue weighted by Crippen LogP contribution is 2.02. The van der Waals surface area contributed by atoms with Crippen molar-refractivity contribution in [3.05, 3.63) is 54.1 Å². The lowest BCUT2D eigenvalue weighted by atomic mass is 10.1. The number of benzene rings is 1. The molecule has 1 heterocycles. The molecule has 130 valence electrons. The average molecular weight is 335 g/mol.